The number of anilines is 2. The fourth-order valence-electron chi connectivity index (χ4n) is 1.76. The zero-order valence-corrected chi connectivity index (χ0v) is 13.7. The highest BCUT2D eigenvalue weighted by molar-refractivity contribution is 7.22. The Labute approximate surface area is 133 Å². The van der Waals surface area contributed by atoms with Crippen LogP contribution in [0.1, 0.15) is 33.6 Å². The topological polar surface area (TPSA) is 83.1 Å². The van der Waals surface area contributed by atoms with Crippen molar-refractivity contribution in [3.8, 4) is 0 Å². The molecule has 1 aromatic heterocycles. The molecule has 1 heterocycles. The van der Waals surface area contributed by atoms with Gasteiger partial charge in [0.15, 0.2) is 5.13 Å². The average molecular weight is 320 g/mol. The van der Waals surface area contributed by atoms with E-state index in [1.165, 1.54) is 11.3 Å². The Morgan fingerprint density at radius 1 is 1.27 bits per heavy atom. The number of nitrogens with one attached hydrogen (secondary N) is 3. The normalized spacial score (nSPS) is 12.0. The Morgan fingerprint density at radius 3 is 2.73 bits per heavy atom. The Kier molecular flexibility index (Phi) is 5.32. The SMILES string of the molecule is CCC(=O)Nc1nc2cc(NC(=O)N[C@H](C)CC)ccc2s1. The number of carbonyl (C=O) groups is 2. The van der Waals surface area contributed by atoms with Crippen LogP contribution in [0.2, 0.25) is 0 Å². The molecule has 3 amide bonds. The summed E-state index contributed by atoms with van der Waals surface area (Å²) in [5.74, 6) is -0.0645. The van der Waals surface area contributed by atoms with Gasteiger partial charge in [-0.3, -0.25) is 4.79 Å². The number of thiazole rings is 1. The van der Waals surface area contributed by atoms with E-state index in [2.05, 4.69) is 20.9 Å². The van der Waals surface area contributed by atoms with Crippen LogP contribution in [0.3, 0.4) is 0 Å². The molecule has 1 aromatic carbocycles. The standard InChI is InChI=1S/C15H20N4O2S/c1-4-9(3)16-14(21)17-10-6-7-12-11(8-10)18-15(22-12)19-13(20)5-2/h6-9H,4-5H2,1-3H3,(H2,16,17,21)(H,18,19,20)/t9-/m1/s1. The van der Waals surface area contributed by atoms with E-state index in [0.29, 0.717) is 17.2 Å². The van der Waals surface area contributed by atoms with Crippen molar-refractivity contribution in [2.45, 2.75) is 39.7 Å². The van der Waals surface area contributed by atoms with Crippen LogP contribution in [0.5, 0.6) is 0 Å². The molecule has 0 aliphatic heterocycles. The highest BCUT2D eigenvalue weighted by Crippen LogP contribution is 2.28. The third kappa shape index (κ3) is 4.17. The van der Waals surface area contributed by atoms with Crippen molar-refractivity contribution in [2.75, 3.05) is 10.6 Å². The molecule has 6 nitrogen and oxygen atoms in total. The molecule has 2 rings (SSSR count). The molecule has 7 heteroatoms. The van der Waals surface area contributed by atoms with Crippen LogP contribution < -0.4 is 16.0 Å². The second-order valence-corrected chi connectivity index (χ2v) is 6.04. The number of benzene rings is 1. The van der Waals surface area contributed by atoms with Crippen LogP contribution in [-0.4, -0.2) is 23.0 Å². The van der Waals surface area contributed by atoms with Gasteiger partial charge in [-0.05, 0) is 31.5 Å². The molecule has 0 unspecified atom stereocenters. The van der Waals surface area contributed by atoms with Gasteiger partial charge in [-0.15, -0.1) is 0 Å². The second kappa shape index (κ2) is 7.22. The molecule has 0 radical (unpaired) electrons. The van der Waals surface area contributed by atoms with Gasteiger partial charge in [0.25, 0.3) is 0 Å². The predicted molar refractivity (Wildman–Crippen MR) is 90.4 cm³/mol. The molecule has 3 N–H and O–H groups in total. The van der Waals surface area contributed by atoms with Gasteiger partial charge >= 0.3 is 6.03 Å². The highest BCUT2D eigenvalue weighted by Gasteiger charge is 2.09. The van der Waals surface area contributed by atoms with Crippen molar-refractivity contribution >= 4 is 44.3 Å². The van der Waals surface area contributed by atoms with Gasteiger partial charge in [-0.2, -0.15) is 0 Å². The van der Waals surface area contributed by atoms with E-state index in [-0.39, 0.29) is 18.0 Å². The maximum atomic E-state index is 11.8. The molecule has 0 aliphatic rings. The van der Waals surface area contributed by atoms with Crippen LogP contribution in [0, 0.1) is 0 Å². The maximum absolute atomic E-state index is 11.8. The van der Waals surface area contributed by atoms with Crippen LogP contribution in [0.4, 0.5) is 15.6 Å². The zero-order chi connectivity index (χ0) is 16.1. The minimum Gasteiger partial charge on any atom is -0.335 e. The number of carbonyl (C=O) groups excluding carboxylic acids is 2. The average Bonchev–Trinajstić information content (AvgIpc) is 2.88. The first kappa shape index (κ1) is 16.2. The van der Waals surface area contributed by atoms with E-state index in [4.69, 9.17) is 0 Å². The minimum atomic E-state index is -0.233. The lowest BCUT2D eigenvalue weighted by Crippen LogP contribution is -2.35. The Balaban J connectivity index is 2.09. The van der Waals surface area contributed by atoms with Gasteiger partial charge < -0.3 is 16.0 Å². The monoisotopic (exact) mass is 320 g/mol. The fraction of sp³-hybridized carbons (Fsp3) is 0.400. The third-order valence-electron chi connectivity index (χ3n) is 3.20. The summed E-state index contributed by atoms with van der Waals surface area (Å²) in [6.07, 6.45) is 1.29. The first-order valence-corrected chi connectivity index (χ1v) is 8.11. The molecule has 0 saturated carbocycles. The summed E-state index contributed by atoms with van der Waals surface area (Å²) >= 11 is 1.41. The third-order valence-corrected chi connectivity index (χ3v) is 4.15. The minimum absolute atomic E-state index is 0.0645. The van der Waals surface area contributed by atoms with E-state index in [0.717, 1.165) is 16.6 Å². The van der Waals surface area contributed by atoms with Crippen molar-refractivity contribution in [3.63, 3.8) is 0 Å². The largest absolute Gasteiger partial charge is 0.335 e. The molecule has 118 valence electrons. The number of hydrogen-bond donors (Lipinski definition) is 3. The molecule has 22 heavy (non-hydrogen) atoms. The predicted octanol–water partition coefficient (Wildman–Crippen LogP) is 3.56. The van der Waals surface area contributed by atoms with Gasteiger partial charge in [-0.1, -0.05) is 25.2 Å². The van der Waals surface area contributed by atoms with Gasteiger partial charge in [0.1, 0.15) is 0 Å². The van der Waals surface area contributed by atoms with Crippen LogP contribution in [0.25, 0.3) is 10.2 Å². The lowest BCUT2D eigenvalue weighted by atomic mass is 10.2. The van der Waals surface area contributed by atoms with E-state index in [1.807, 2.05) is 26.0 Å². The molecule has 1 atom stereocenters. The van der Waals surface area contributed by atoms with Gasteiger partial charge in [0.2, 0.25) is 5.91 Å². The molecule has 0 saturated heterocycles. The summed E-state index contributed by atoms with van der Waals surface area (Å²) in [5, 5.41) is 8.94. The number of amides is 3. The Morgan fingerprint density at radius 2 is 2.05 bits per heavy atom. The smallest absolute Gasteiger partial charge is 0.319 e. The van der Waals surface area contributed by atoms with Gasteiger partial charge in [-0.25, -0.2) is 9.78 Å². The van der Waals surface area contributed by atoms with Crippen molar-refractivity contribution < 1.29 is 9.59 Å². The molecule has 2 aromatic rings. The molecule has 0 fully saturated rings. The number of rotatable bonds is 5. The van der Waals surface area contributed by atoms with Gasteiger partial charge in [0, 0.05) is 18.2 Å². The number of aromatic nitrogens is 1. The number of urea groups is 1. The summed E-state index contributed by atoms with van der Waals surface area (Å²) in [7, 11) is 0. The van der Waals surface area contributed by atoms with E-state index >= 15 is 0 Å². The number of fused-ring (bicyclic) bond motifs is 1. The molecular weight excluding hydrogens is 300 g/mol. The van der Waals surface area contributed by atoms with E-state index in [1.54, 1.807) is 13.0 Å². The lowest BCUT2D eigenvalue weighted by Gasteiger charge is -2.12. The fourth-order valence-corrected chi connectivity index (χ4v) is 2.62. The van der Waals surface area contributed by atoms with Crippen molar-refractivity contribution in [3.05, 3.63) is 18.2 Å². The number of hydrogen-bond acceptors (Lipinski definition) is 4. The van der Waals surface area contributed by atoms with Gasteiger partial charge in [0.05, 0.1) is 10.2 Å². The maximum Gasteiger partial charge on any atom is 0.319 e. The summed E-state index contributed by atoms with van der Waals surface area (Å²) < 4.78 is 0.958. The Bertz CT molecular complexity index is 683. The molecule has 0 aliphatic carbocycles. The summed E-state index contributed by atoms with van der Waals surface area (Å²) in [5.41, 5.74) is 1.42. The summed E-state index contributed by atoms with van der Waals surface area (Å²) in [6.45, 7) is 5.75. The van der Waals surface area contributed by atoms with Crippen LogP contribution in [0.15, 0.2) is 18.2 Å². The zero-order valence-electron chi connectivity index (χ0n) is 12.9. The van der Waals surface area contributed by atoms with Crippen molar-refractivity contribution in [1.29, 1.82) is 0 Å². The highest BCUT2D eigenvalue weighted by atomic mass is 32.1. The molecular formula is C15H20N4O2S. The van der Waals surface area contributed by atoms with Crippen LogP contribution in [-0.2, 0) is 4.79 Å². The molecule has 0 bridgehead atoms. The first-order valence-electron chi connectivity index (χ1n) is 7.29. The second-order valence-electron chi connectivity index (χ2n) is 5.01. The Hall–Kier alpha value is -2.15. The van der Waals surface area contributed by atoms with Crippen molar-refractivity contribution in [1.82, 2.24) is 10.3 Å². The lowest BCUT2D eigenvalue weighted by molar-refractivity contribution is -0.115. The van der Waals surface area contributed by atoms with Crippen molar-refractivity contribution in [2.24, 2.45) is 0 Å². The summed E-state index contributed by atoms with van der Waals surface area (Å²) in [4.78, 5) is 27.6. The van der Waals surface area contributed by atoms with E-state index in [9.17, 15) is 9.59 Å². The van der Waals surface area contributed by atoms with E-state index < -0.39 is 0 Å². The quantitative estimate of drug-likeness (QED) is 0.787. The summed E-state index contributed by atoms with van der Waals surface area (Å²) in [6, 6.07) is 5.39. The van der Waals surface area contributed by atoms with Crippen LogP contribution >= 0.6 is 11.3 Å². The first-order chi connectivity index (χ1) is 10.5. The molecule has 0 spiro atoms. The number of nitrogens with zero attached hydrogens (tertiary/aromatic N) is 1.